The third-order valence-electron chi connectivity index (χ3n) is 2.11. The number of carbonyl (C=O) groups excluding carboxylic acids is 1. The first-order valence-corrected chi connectivity index (χ1v) is 5.46. The molecule has 0 fully saturated rings. The first kappa shape index (κ1) is 10.9. The highest BCUT2D eigenvalue weighted by Gasteiger charge is 2.03. The molecule has 1 amide bonds. The molecule has 1 aromatic carbocycles. The van der Waals surface area contributed by atoms with Crippen LogP contribution in [0.15, 0.2) is 24.4 Å². The van der Waals surface area contributed by atoms with Crippen molar-refractivity contribution in [1.82, 2.24) is 9.97 Å². The van der Waals surface area contributed by atoms with E-state index in [0.29, 0.717) is 5.82 Å². The van der Waals surface area contributed by atoms with Crippen LogP contribution in [0.3, 0.4) is 0 Å². The molecule has 1 heterocycles. The zero-order valence-electron chi connectivity index (χ0n) is 8.77. The summed E-state index contributed by atoms with van der Waals surface area (Å²) in [6.45, 7) is 1.99. The van der Waals surface area contributed by atoms with Crippen molar-refractivity contribution in [2.24, 2.45) is 0 Å². The highest BCUT2D eigenvalue weighted by molar-refractivity contribution is 7.81. The number of nitrogens with zero attached hydrogens (tertiary/aromatic N) is 2. The second kappa shape index (κ2) is 4.49. The van der Waals surface area contributed by atoms with E-state index in [4.69, 9.17) is 0 Å². The molecule has 1 aromatic heterocycles. The number of nitrogens with one attached hydrogen (secondary N) is 1. The predicted molar refractivity (Wildman–Crippen MR) is 66.8 cm³/mol. The molecule has 5 heteroatoms. The second-order valence-corrected chi connectivity index (χ2v) is 3.77. The van der Waals surface area contributed by atoms with Crippen LogP contribution in [0.4, 0.5) is 5.82 Å². The zero-order chi connectivity index (χ0) is 11.5. The molecule has 0 spiro atoms. The smallest absolute Gasteiger partial charge is 0.235 e. The molecule has 0 saturated heterocycles. The normalized spacial score (nSPS) is 10.4. The maximum atomic E-state index is 11.1. The summed E-state index contributed by atoms with van der Waals surface area (Å²) in [7, 11) is 0. The van der Waals surface area contributed by atoms with Crippen LogP contribution in [-0.2, 0) is 4.79 Å². The molecule has 0 atom stereocenters. The van der Waals surface area contributed by atoms with Crippen LogP contribution in [0.1, 0.15) is 5.56 Å². The van der Waals surface area contributed by atoms with Crippen LogP contribution in [0.2, 0.25) is 0 Å². The molecular formula is C11H11N3OS. The monoisotopic (exact) mass is 233 g/mol. The molecule has 2 rings (SSSR count). The Kier molecular flexibility index (Phi) is 3.05. The molecule has 82 valence electrons. The molecule has 1 N–H and O–H groups in total. The Labute approximate surface area is 98.5 Å². The van der Waals surface area contributed by atoms with Crippen LogP contribution in [0, 0.1) is 6.92 Å². The third kappa shape index (κ3) is 2.30. The summed E-state index contributed by atoms with van der Waals surface area (Å²) < 4.78 is 0. The molecule has 0 radical (unpaired) electrons. The van der Waals surface area contributed by atoms with E-state index in [9.17, 15) is 4.79 Å². The highest BCUT2D eigenvalue weighted by Crippen LogP contribution is 2.13. The summed E-state index contributed by atoms with van der Waals surface area (Å²) in [5.74, 6) is 0.398. The molecule has 0 aliphatic carbocycles. The molecule has 0 saturated carbocycles. The molecule has 0 aliphatic heterocycles. The van der Waals surface area contributed by atoms with Crippen molar-refractivity contribution in [1.29, 1.82) is 0 Å². The lowest BCUT2D eigenvalue weighted by Crippen LogP contribution is -2.13. The van der Waals surface area contributed by atoms with E-state index in [-0.39, 0.29) is 11.7 Å². The largest absolute Gasteiger partial charge is 0.309 e. The first-order chi connectivity index (χ1) is 7.69. The Balaban J connectivity index is 2.39. The molecular weight excluding hydrogens is 222 g/mol. The fraction of sp³-hybridized carbons (Fsp3) is 0.182. The second-order valence-electron chi connectivity index (χ2n) is 3.45. The first-order valence-electron chi connectivity index (χ1n) is 4.83. The molecule has 4 nitrogen and oxygen atoms in total. The number of thiol groups is 1. The maximum absolute atomic E-state index is 11.1. The van der Waals surface area contributed by atoms with Crippen molar-refractivity contribution in [3.63, 3.8) is 0 Å². The summed E-state index contributed by atoms with van der Waals surface area (Å²) in [4.78, 5) is 19.6. The average Bonchev–Trinajstić information content (AvgIpc) is 2.28. The number of amides is 1. The van der Waals surface area contributed by atoms with Gasteiger partial charge in [-0.1, -0.05) is 6.07 Å². The number of anilines is 1. The standard InChI is InChI=1S/C11H11N3OS/c1-7-2-3-8-9(4-7)13-10(5-12-8)14-11(15)6-16/h2-5,16H,6H2,1H3,(H,13,14,15). The number of aromatic nitrogens is 2. The topological polar surface area (TPSA) is 54.9 Å². The minimum absolute atomic E-state index is 0.132. The van der Waals surface area contributed by atoms with Crippen molar-refractivity contribution in [2.75, 3.05) is 11.1 Å². The molecule has 0 bridgehead atoms. The van der Waals surface area contributed by atoms with Gasteiger partial charge in [0.25, 0.3) is 0 Å². The van der Waals surface area contributed by atoms with Gasteiger partial charge >= 0.3 is 0 Å². The Morgan fingerprint density at radius 2 is 2.25 bits per heavy atom. The van der Waals surface area contributed by atoms with E-state index in [0.717, 1.165) is 16.6 Å². The van der Waals surface area contributed by atoms with E-state index < -0.39 is 0 Å². The van der Waals surface area contributed by atoms with E-state index in [1.807, 2.05) is 25.1 Å². The average molecular weight is 233 g/mol. The lowest BCUT2D eigenvalue weighted by Gasteiger charge is -2.03. The van der Waals surface area contributed by atoms with Gasteiger partial charge in [-0.05, 0) is 24.6 Å². The zero-order valence-corrected chi connectivity index (χ0v) is 9.66. The van der Waals surface area contributed by atoms with Gasteiger partial charge in [0, 0.05) is 0 Å². The Bertz CT molecular complexity index is 542. The summed E-state index contributed by atoms with van der Waals surface area (Å²) >= 11 is 3.88. The highest BCUT2D eigenvalue weighted by atomic mass is 32.1. The van der Waals surface area contributed by atoms with Gasteiger partial charge in [-0.2, -0.15) is 12.6 Å². The lowest BCUT2D eigenvalue weighted by molar-refractivity contribution is -0.113. The third-order valence-corrected chi connectivity index (χ3v) is 2.40. The van der Waals surface area contributed by atoms with Gasteiger partial charge in [-0.15, -0.1) is 0 Å². The Morgan fingerprint density at radius 1 is 1.44 bits per heavy atom. The van der Waals surface area contributed by atoms with Gasteiger partial charge in [0.2, 0.25) is 5.91 Å². The van der Waals surface area contributed by atoms with E-state index >= 15 is 0 Å². The van der Waals surface area contributed by atoms with Crippen molar-refractivity contribution >= 4 is 35.4 Å². The number of hydrogen-bond donors (Lipinski definition) is 2. The number of fused-ring (bicyclic) bond motifs is 1. The Hall–Kier alpha value is -1.62. The summed E-state index contributed by atoms with van der Waals surface area (Å²) in [6, 6.07) is 5.81. The van der Waals surface area contributed by atoms with Crippen LogP contribution < -0.4 is 5.32 Å². The van der Waals surface area contributed by atoms with Gasteiger partial charge in [0.15, 0.2) is 5.82 Å². The van der Waals surface area contributed by atoms with Crippen molar-refractivity contribution in [2.45, 2.75) is 6.92 Å². The quantitative estimate of drug-likeness (QED) is 0.778. The van der Waals surface area contributed by atoms with Crippen LogP contribution in [0.5, 0.6) is 0 Å². The van der Waals surface area contributed by atoms with Crippen molar-refractivity contribution in [3.05, 3.63) is 30.0 Å². The van der Waals surface area contributed by atoms with E-state index in [2.05, 4.69) is 27.9 Å². The van der Waals surface area contributed by atoms with Gasteiger partial charge < -0.3 is 5.32 Å². The van der Waals surface area contributed by atoms with Crippen molar-refractivity contribution < 1.29 is 4.79 Å². The van der Waals surface area contributed by atoms with E-state index in [1.165, 1.54) is 0 Å². The minimum Gasteiger partial charge on any atom is -0.309 e. The van der Waals surface area contributed by atoms with Crippen LogP contribution >= 0.6 is 12.6 Å². The minimum atomic E-state index is -0.190. The van der Waals surface area contributed by atoms with Gasteiger partial charge in [-0.25, -0.2) is 4.98 Å². The van der Waals surface area contributed by atoms with Gasteiger partial charge in [0.05, 0.1) is 23.0 Å². The van der Waals surface area contributed by atoms with Crippen LogP contribution in [0.25, 0.3) is 11.0 Å². The fourth-order valence-electron chi connectivity index (χ4n) is 1.36. The summed E-state index contributed by atoms with van der Waals surface area (Å²) in [6.07, 6.45) is 1.54. The molecule has 0 aliphatic rings. The molecule has 0 unspecified atom stereocenters. The van der Waals surface area contributed by atoms with Gasteiger partial charge in [-0.3, -0.25) is 9.78 Å². The number of benzene rings is 1. The Morgan fingerprint density at radius 3 is 3.00 bits per heavy atom. The number of aryl methyl sites for hydroxylation is 1. The number of rotatable bonds is 2. The van der Waals surface area contributed by atoms with Crippen LogP contribution in [-0.4, -0.2) is 21.6 Å². The SMILES string of the molecule is Cc1ccc2ncc(NC(=O)CS)nc2c1. The molecule has 2 aromatic rings. The van der Waals surface area contributed by atoms with Crippen molar-refractivity contribution in [3.8, 4) is 0 Å². The molecule has 16 heavy (non-hydrogen) atoms. The van der Waals surface area contributed by atoms with Gasteiger partial charge in [0.1, 0.15) is 0 Å². The number of carbonyl (C=O) groups is 1. The number of hydrogen-bond acceptors (Lipinski definition) is 4. The summed E-state index contributed by atoms with van der Waals surface area (Å²) in [5, 5.41) is 2.61. The summed E-state index contributed by atoms with van der Waals surface area (Å²) in [5.41, 5.74) is 2.70. The van der Waals surface area contributed by atoms with E-state index in [1.54, 1.807) is 6.20 Å². The fourth-order valence-corrected chi connectivity index (χ4v) is 1.44. The maximum Gasteiger partial charge on any atom is 0.235 e. The predicted octanol–water partition coefficient (Wildman–Crippen LogP) is 1.81. The lowest BCUT2D eigenvalue weighted by atomic mass is 10.2.